The van der Waals surface area contributed by atoms with Crippen molar-refractivity contribution in [2.45, 2.75) is 6.92 Å². The van der Waals surface area contributed by atoms with Crippen molar-refractivity contribution in [2.75, 3.05) is 0 Å². The van der Waals surface area contributed by atoms with Crippen LogP contribution in [0.1, 0.15) is 26.3 Å². The van der Waals surface area contributed by atoms with E-state index in [1.165, 1.54) is 25.4 Å². The minimum Gasteiger partial charge on any atom is -0.478 e. The summed E-state index contributed by atoms with van der Waals surface area (Å²) in [5.74, 6) is -2.43. The Bertz CT molecular complexity index is 1080. The fraction of sp³-hybridized carbons (Fsp3) is 0.0526. The van der Waals surface area contributed by atoms with Crippen LogP contribution in [0.2, 0.25) is 10.0 Å². The molecule has 1 aromatic heterocycles. The number of benzene rings is 2. The van der Waals surface area contributed by atoms with E-state index in [4.69, 9.17) is 23.2 Å². The highest BCUT2D eigenvalue weighted by atomic mass is 35.5. The quantitative estimate of drug-likeness (QED) is 0.648. The van der Waals surface area contributed by atoms with Gasteiger partial charge in [-0.1, -0.05) is 35.3 Å². The molecule has 0 amide bonds. The number of nitrogens with zero attached hydrogens (tertiary/aromatic N) is 2. The zero-order valence-corrected chi connectivity index (χ0v) is 15.4. The maximum absolute atomic E-state index is 11.8. The Hall–Kier alpha value is -2.96. The van der Waals surface area contributed by atoms with E-state index < -0.39 is 11.9 Å². The second-order valence-corrected chi connectivity index (χ2v) is 6.50. The van der Waals surface area contributed by atoms with Crippen LogP contribution in [0.5, 0.6) is 0 Å². The van der Waals surface area contributed by atoms with Gasteiger partial charge in [-0.15, -0.1) is 0 Å². The normalized spacial score (nSPS) is 10.6. The van der Waals surface area contributed by atoms with E-state index in [9.17, 15) is 19.8 Å². The summed E-state index contributed by atoms with van der Waals surface area (Å²) in [4.78, 5) is 31.4. The predicted octanol–water partition coefficient (Wildman–Crippen LogP) is 4.82. The summed E-state index contributed by atoms with van der Waals surface area (Å²) in [5, 5.41) is 19.6. The molecule has 0 fully saturated rings. The van der Waals surface area contributed by atoms with Crippen LogP contribution in [-0.4, -0.2) is 32.1 Å². The van der Waals surface area contributed by atoms with Crippen LogP contribution in [0.15, 0.2) is 42.7 Å². The molecule has 3 rings (SSSR count). The maximum Gasteiger partial charge on any atom is 0.336 e. The second kappa shape index (κ2) is 7.34. The Morgan fingerprint density at radius 1 is 0.889 bits per heavy atom. The molecule has 2 aromatic carbocycles. The van der Waals surface area contributed by atoms with Gasteiger partial charge >= 0.3 is 11.9 Å². The predicted molar refractivity (Wildman–Crippen MR) is 102 cm³/mol. The molecule has 0 saturated heterocycles. The third kappa shape index (κ3) is 3.63. The molecular weight excluding hydrogens is 391 g/mol. The molecule has 0 aliphatic carbocycles. The number of carbonyl (C=O) groups is 2. The van der Waals surface area contributed by atoms with Gasteiger partial charge in [0, 0.05) is 11.1 Å². The zero-order valence-electron chi connectivity index (χ0n) is 13.9. The van der Waals surface area contributed by atoms with Crippen molar-refractivity contribution in [2.24, 2.45) is 0 Å². The highest BCUT2D eigenvalue weighted by Gasteiger charge is 2.21. The van der Waals surface area contributed by atoms with Crippen molar-refractivity contribution in [3.8, 4) is 22.5 Å². The van der Waals surface area contributed by atoms with Crippen LogP contribution in [0, 0.1) is 6.92 Å². The number of hydrogen-bond acceptors (Lipinski definition) is 4. The minimum absolute atomic E-state index is 0.0742. The standard InChI is InChI=1S/C19H12Cl2N2O4/c1-9-11(18(24)25)3-4-12(17(9)19(26)27)16-7-15(22-8-23-16)10-2-5-13(20)14(21)6-10/h2-8H,1H3,(H,24,25)(H,26,27). The van der Waals surface area contributed by atoms with E-state index in [1.807, 2.05) is 0 Å². The third-order valence-electron chi connectivity index (χ3n) is 4.07. The molecule has 0 aliphatic heterocycles. The van der Waals surface area contributed by atoms with Gasteiger partial charge in [-0.05, 0) is 36.8 Å². The molecule has 0 atom stereocenters. The van der Waals surface area contributed by atoms with Crippen molar-refractivity contribution in [3.05, 3.63) is 69.5 Å². The van der Waals surface area contributed by atoms with Crippen LogP contribution < -0.4 is 0 Å². The smallest absolute Gasteiger partial charge is 0.336 e. The molecule has 0 unspecified atom stereocenters. The topological polar surface area (TPSA) is 100 Å². The Morgan fingerprint density at radius 2 is 1.59 bits per heavy atom. The Labute approximate surface area is 164 Å². The average molecular weight is 403 g/mol. The fourth-order valence-electron chi connectivity index (χ4n) is 2.75. The lowest BCUT2D eigenvalue weighted by atomic mass is 9.94. The largest absolute Gasteiger partial charge is 0.478 e. The number of aromatic nitrogens is 2. The summed E-state index contributed by atoms with van der Waals surface area (Å²) in [6.45, 7) is 1.46. The molecule has 6 nitrogen and oxygen atoms in total. The van der Waals surface area contributed by atoms with Gasteiger partial charge in [-0.3, -0.25) is 0 Å². The summed E-state index contributed by atoms with van der Waals surface area (Å²) in [6.07, 6.45) is 1.30. The summed E-state index contributed by atoms with van der Waals surface area (Å²) in [6, 6.07) is 9.42. The zero-order chi connectivity index (χ0) is 19.7. The SMILES string of the molecule is Cc1c(C(=O)O)ccc(-c2cc(-c3ccc(Cl)c(Cl)c3)ncn2)c1C(=O)O. The molecule has 2 N–H and O–H groups in total. The van der Waals surface area contributed by atoms with Gasteiger partial charge in [0.15, 0.2) is 0 Å². The first kappa shape index (κ1) is 18.8. The highest BCUT2D eigenvalue weighted by molar-refractivity contribution is 6.42. The summed E-state index contributed by atoms with van der Waals surface area (Å²) >= 11 is 12.0. The lowest BCUT2D eigenvalue weighted by Gasteiger charge is -2.12. The van der Waals surface area contributed by atoms with E-state index in [1.54, 1.807) is 24.3 Å². The van der Waals surface area contributed by atoms with Crippen molar-refractivity contribution in [1.82, 2.24) is 9.97 Å². The Kier molecular flexibility index (Phi) is 5.12. The molecule has 8 heteroatoms. The van der Waals surface area contributed by atoms with Gasteiger partial charge in [0.2, 0.25) is 0 Å². The second-order valence-electron chi connectivity index (χ2n) is 5.69. The molecule has 1 heterocycles. The molecule has 136 valence electrons. The molecule has 0 bridgehead atoms. The lowest BCUT2D eigenvalue weighted by molar-refractivity contribution is 0.0696. The van der Waals surface area contributed by atoms with E-state index in [-0.39, 0.29) is 16.7 Å². The Balaban J connectivity index is 2.18. The van der Waals surface area contributed by atoms with Gasteiger partial charge < -0.3 is 10.2 Å². The molecule has 3 aromatic rings. The number of carboxylic acid groups (broad SMARTS) is 2. The monoisotopic (exact) mass is 402 g/mol. The third-order valence-corrected chi connectivity index (χ3v) is 4.81. The molecule has 0 saturated carbocycles. The van der Waals surface area contributed by atoms with Crippen LogP contribution >= 0.6 is 23.2 Å². The van der Waals surface area contributed by atoms with Gasteiger partial charge in [-0.2, -0.15) is 0 Å². The summed E-state index contributed by atoms with van der Waals surface area (Å²) < 4.78 is 0. The van der Waals surface area contributed by atoms with E-state index in [0.717, 1.165) is 0 Å². The number of hydrogen-bond donors (Lipinski definition) is 2. The molecular formula is C19H12Cl2N2O4. The fourth-order valence-corrected chi connectivity index (χ4v) is 3.05. The van der Waals surface area contributed by atoms with Crippen molar-refractivity contribution in [1.29, 1.82) is 0 Å². The van der Waals surface area contributed by atoms with E-state index >= 15 is 0 Å². The van der Waals surface area contributed by atoms with Crippen LogP contribution in [0.25, 0.3) is 22.5 Å². The Morgan fingerprint density at radius 3 is 2.22 bits per heavy atom. The highest BCUT2D eigenvalue weighted by Crippen LogP contribution is 2.31. The average Bonchev–Trinajstić information content (AvgIpc) is 2.63. The summed E-state index contributed by atoms with van der Waals surface area (Å²) in [5.41, 5.74) is 1.82. The van der Waals surface area contributed by atoms with Crippen molar-refractivity contribution >= 4 is 35.1 Å². The maximum atomic E-state index is 11.8. The van der Waals surface area contributed by atoms with Crippen LogP contribution in [0.4, 0.5) is 0 Å². The number of rotatable bonds is 4. The van der Waals surface area contributed by atoms with Crippen molar-refractivity contribution < 1.29 is 19.8 Å². The number of aromatic carboxylic acids is 2. The first-order valence-electron chi connectivity index (χ1n) is 7.67. The van der Waals surface area contributed by atoms with Gasteiger partial charge in [0.25, 0.3) is 0 Å². The molecule has 0 radical (unpaired) electrons. The first-order valence-corrected chi connectivity index (χ1v) is 8.43. The van der Waals surface area contributed by atoms with E-state index in [0.29, 0.717) is 32.6 Å². The molecule has 0 spiro atoms. The number of carboxylic acids is 2. The van der Waals surface area contributed by atoms with Gasteiger partial charge in [0.1, 0.15) is 6.33 Å². The lowest BCUT2D eigenvalue weighted by Crippen LogP contribution is -2.09. The van der Waals surface area contributed by atoms with Crippen LogP contribution in [0.3, 0.4) is 0 Å². The van der Waals surface area contributed by atoms with Gasteiger partial charge in [-0.25, -0.2) is 19.6 Å². The summed E-state index contributed by atoms with van der Waals surface area (Å²) in [7, 11) is 0. The van der Waals surface area contributed by atoms with Gasteiger partial charge in [0.05, 0.1) is 32.6 Å². The number of halogens is 2. The van der Waals surface area contributed by atoms with E-state index in [2.05, 4.69) is 9.97 Å². The molecule has 0 aliphatic rings. The molecule has 27 heavy (non-hydrogen) atoms. The minimum atomic E-state index is -1.24. The first-order chi connectivity index (χ1) is 12.8. The van der Waals surface area contributed by atoms with Crippen molar-refractivity contribution in [3.63, 3.8) is 0 Å². The van der Waals surface area contributed by atoms with Crippen LogP contribution in [-0.2, 0) is 0 Å².